The first-order valence-electron chi connectivity index (χ1n) is 32.1. The molecule has 15 rings (SSSR count). The molecule has 0 saturated carbocycles. The minimum Gasteiger partial charge on any atom is -0.497 e. The van der Waals surface area contributed by atoms with Crippen LogP contribution in [-0.4, -0.2) is 82.5 Å². The molecule has 0 unspecified atom stereocenters. The Morgan fingerprint density at radius 1 is 0.284 bits per heavy atom. The van der Waals surface area contributed by atoms with Gasteiger partial charge in [-0.15, -0.1) is 0 Å². The second-order valence-electron chi connectivity index (χ2n) is 23.8. The van der Waals surface area contributed by atoms with Gasteiger partial charge in [-0.25, -0.2) is 19.9 Å². The van der Waals surface area contributed by atoms with Crippen molar-refractivity contribution in [2.45, 2.75) is 0 Å². The van der Waals surface area contributed by atoms with E-state index in [9.17, 15) is 21.0 Å². The average Bonchev–Trinajstić information content (AvgIpc) is 1.59. The Bertz CT molecular complexity index is 6090. The van der Waals surface area contributed by atoms with Gasteiger partial charge in [-0.2, -0.15) is 21.0 Å². The molecule has 0 radical (unpaired) electrons. The highest BCUT2D eigenvalue weighted by Gasteiger charge is 2.23. The van der Waals surface area contributed by atoms with Crippen molar-refractivity contribution in [2.75, 3.05) is 42.7 Å². The van der Waals surface area contributed by atoms with Gasteiger partial charge in [0.1, 0.15) is 69.9 Å². The molecule has 0 saturated heterocycles. The predicted octanol–water partition coefficient (Wildman–Crippen LogP) is 15.8. The summed E-state index contributed by atoms with van der Waals surface area (Å²) in [6, 6.07) is 58.7. The molecule has 18 nitrogen and oxygen atoms in total. The number of ether oxygens (including phenoxy) is 6. The van der Waals surface area contributed by atoms with Crippen LogP contribution in [-0.2, 0) is 0 Å². The summed E-state index contributed by atoms with van der Waals surface area (Å²) in [5, 5.41) is 41.7. The third-order valence-electron chi connectivity index (χ3n) is 17.9. The van der Waals surface area contributed by atoms with E-state index in [1.54, 1.807) is 79.1 Å². The molecule has 0 aliphatic carbocycles. The Hall–Kier alpha value is -14.6. The fourth-order valence-corrected chi connectivity index (χ4v) is 13.1. The van der Waals surface area contributed by atoms with E-state index in [2.05, 4.69) is 68.2 Å². The van der Waals surface area contributed by atoms with Gasteiger partial charge in [0.25, 0.3) is 0 Å². The van der Waals surface area contributed by atoms with Gasteiger partial charge in [0.15, 0.2) is 0 Å². The van der Waals surface area contributed by atoms with Crippen molar-refractivity contribution in [1.82, 2.24) is 39.9 Å². The summed E-state index contributed by atoms with van der Waals surface area (Å²) in [5.41, 5.74) is 19.0. The Labute approximate surface area is 584 Å². The van der Waals surface area contributed by atoms with Crippen molar-refractivity contribution < 1.29 is 28.4 Å². The summed E-state index contributed by atoms with van der Waals surface area (Å²) in [4.78, 5) is 35.4. The molecule has 0 amide bonds. The largest absolute Gasteiger partial charge is 0.497 e. The minimum atomic E-state index is -0.119. The third kappa shape index (κ3) is 11.9. The summed E-state index contributed by atoms with van der Waals surface area (Å²) in [6.07, 6.45) is 15.2. The fourth-order valence-electron chi connectivity index (χ4n) is 13.1. The summed E-state index contributed by atoms with van der Waals surface area (Å²) < 4.78 is 35.2. The van der Waals surface area contributed by atoms with Crippen LogP contribution in [0.2, 0.25) is 0 Å². The van der Waals surface area contributed by atoms with Crippen LogP contribution in [0.15, 0.2) is 158 Å². The topological polar surface area (TPSA) is 265 Å². The zero-order valence-electron chi connectivity index (χ0n) is 55.7. The Morgan fingerprint density at radius 3 is 0.922 bits per heavy atom. The van der Waals surface area contributed by atoms with Crippen LogP contribution in [0.1, 0.15) is 56.7 Å². The van der Waals surface area contributed by atoms with Crippen molar-refractivity contribution in [1.29, 1.82) is 21.0 Å². The van der Waals surface area contributed by atoms with E-state index in [0.717, 1.165) is 83.3 Å². The van der Waals surface area contributed by atoms with Gasteiger partial charge in [0, 0.05) is 90.2 Å². The standard InChI is InChI=1S/C84H56N12O6/c1-97-58-33-51(34-59(40-58)98-2)80-70-25-21-66(91-70)78(67-22-26-71(92-67)81(52-35-60(99-3)41-61(36-52)100-4)73-28-30-75(96-73)82(74-29-27-72(80)95-74)53-37-62(101-5)42-63(38-53)102-6)49-13-9-47(10-14-49)7-8-48-11-15-50(16-12-48)79-68-23-31-76(93-68)83(54(43-85)44-86)64-19-17-56(89-64)39-57-18-20-65(90-57)84(55(45-87)46-88)77-32-24-69(79)94-77/h9-42,89,91,94,96H,1-6H3. The first-order valence-corrected chi connectivity index (χ1v) is 32.1. The number of aromatic amines is 4. The summed E-state index contributed by atoms with van der Waals surface area (Å²) in [7, 11) is 9.78. The number of aromatic nitrogens is 8. The van der Waals surface area contributed by atoms with Crippen LogP contribution in [0, 0.1) is 57.2 Å². The highest BCUT2D eigenvalue weighted by molar-refractivity contribution is 6.01. The summed E-state index contributed by atoms with van der Waals surface area (Å²) in [5.74, 6) is 10.4. The van der Waals surface area contributed by atoms with Crippen LogP contribution in [0.4, 0.5) is 0 Å². The van der Waals surface area contributed by atoms with Crippen LogP contribution in [0.25, 0.3) is 160 Å². The first-order chi connectivity index (χ1) is 50.0. The van der Waals surface area contributed by atoms with E-state index in [1.165, 1.54) is 0 Å². The van der Waals surface area contributed by atoms with Crippen molar-refractivity contribution in [3.8, 4) is 126 Å². The fraction of sp³-hybridized carbons (Fsp3) is 0.0714. The Morgan fingerprint density at radius 2 is 0.569 bits per heavy atom. The lowest BCUT2D eigenvalue weighted by atomic mass is 10.0. The van der Waals surface area contributed by atoms with Crippen LogP contribution in [0.5, 0.6) is 34.5 Å². The van der Waals surface area contributed by atoms with E-state index in [4.69, 9.17) is 48.4 Å². The minimum absolute atomic E-state index is 0.119. The lowest BCUT2D eigenvalue weighted by molar-refractivity contribution is 0.394. The predicted molar refractivity (Wildman–Crippen MR) is 399 cm³/mol. The SMILES string of the molecule is COc1cc(OC)cc(-c2c3nc(c(-c4cc(OC)cc(OC)c4)c4ccc([nH]4)c(-c4cc(OC)cc(OC)c4)c4nc(c(-c5ccc(C#Cc6ccc(-c7c8nc(c(=C(C#N)C#N)c9ccc(cc%10nc(c(=C(C#N)C#N)c%11ccc7[nH]%11)C=C%10)[nH]9)C=C8)cc6)cc5)c5ccc2[nH]5)C=C4)C=C3)c1. The van der Waals surface area contributed by atoms with Crippen LogP contribution in [0.3, 0.4) is 0 Å². The molecule has 5 aromatic carbocycles. The second-order valence-corrected chi connectivity index (χ2v) is 23.8. The molecule has 0 fully saturated rings. The van der Waals surface area contributed by atoms with Gasteiger partial charge in [-0.05, 0) is 192 Å². The highest BCUT2D eigenvalue weighted by atomic mass is 16.5. The molecule has 18 heteroatoms. The molecule has 10 heterocycles. The molecule has 102 heavy (non-hydrogen) atoms. The van der Waals surface area contributed by atoms with Gasteiger partial charge in [-0.3, -0.25) is 0 Å². The molecule has 6 aromatic heterocycles. The quantitative estimate of drug-likeness (QED) is 0.0878. The number of hydrogen-bond donors (Lipinski definition) is 4. The molecule has 16 bridgehead atoms. The van der Waals surface area contributed by atoms with Crippen molar-refractivity contribution in [3.63, 3.8) is 0 Å². The molecule has 0 atom stereocenters. The van der Waals surface area contributed by atoms with E-state index in [0.29, 0.717) is 118 Å². The van der Waals surface area contributed by atoms with Gasteiger partial charge in [0.2, 0.25) is 0 Å². The summed E-state index contributed by atoms with van der Waals surface area (Å²) >= 11 is 0. The monoisotopic (exact) mass is 1330 g/mol. The maximum atomic E-state index is 10.2. The summed E-state index contributed by atoms with van der Waals surface area (Å²) in [6.45, 7) is 0. The number of methoxy groups -OCH3 is 6. The Kier molecular flexibility index (Phi) is 16.6. The number of H-pyrrole nitrogens is 4. The van der Waals surface area contributed by atoms with Crippen LogP contribution < -0.4 is 38.9 Å². The molecule has 4 aliphatic rings. The van der Waals surface area contributed by atoms with Gasteiger partial charge in [-0.1, -0.05) is 36.1 Å². The van der Waals surface area contributed by atoms with E-state index in [-0.39, 0.29) is 11.1 Å². The van der Waals surface area contributed by atoms with Crippen LogP contribution >= 0.6 is 0 Å². The van der Waals surface area contributed by atoms with E-state index >= 15 is 0 Å². The normalized spacial score (nSPS) is 11.5. The number of rotatable bonds is 11. The zero-order chi connectivity index (χ0) is 70.1. The molecule has 4 N–H and O–H groups in total. The number of fused-ring (bicyclic) bond motifs is 16. The van der Waals surface area contributed by atoms with Crippen molar-refractivity contribution in [2.24, 2.45) is 0 Å². The van der Waals surface area contributed by atoms with Crippen molar-refractivity contribution in [3.05, 3.63) is 225 Å². The maximum Gasteiger partial charge on any atom is 0.141 e. The zero-order valence-corrected chi connectivity index (χ0v) is 55.7. The molecule has 4 aliphatic heterocycles. The van der Waals surface area contributed by atoms with E-state index in [1.807, 2.05) is 158 Å². The molecule has 488 valence electrons. The molecule has 0 spiro atoms. The molecular formula is C84H56N12O6. The number of nitriles is 4. The first kappa shape index (κ1) is 63.4. The number of nitrogens with one attached hydrogen (secondary N) is 4. The number of nitrogens with zero attached hydrogens (tertiary/aromatic N) is 8. The van der Waals surface area contributed by atoms with Crippen molar-refractivity contribution >= 4 is 104 Å². The third-order valence-corrected chi connectivity index (χ3v) is 17.9. The lowest BCUT2D eigenvalue weighted by Gasteiger charge is -2.11. The smallest absolute Gasteiger partial charge is 0.141 e. The van der Waals surface area contributed by atoms with E-state index < -0.39 is 0 Å². The van der Waals surface area contributed by atoms with Gasteiger partial charge in [0.05, 0.1) is 110 Å². The maximum absolute atomic E-state index is 10.2. The lowest BCUT2D eigenvalue weighted by Crippen LogP contribution is -2.10. The average molecular weight is 1330 g/mol. The molecular weight excluding hydrogens is 1270 g/mol. The van der Waals surface area contributed by atoms with Gasteiger partial charge < -0.3 is 48.4 Å². The number of hydrogen-bond acceptors (Lipinski definition) is 14. The highest BCUT2D eigenvalue weighted by Crippen LogP contribution is 2.43. The van der Waals surface area contributed by atoms with Gasteiger partial charge >= 0.3 is 0 Å². The second kappa shape index (κ2) is 26.8. The Balaban J connectivity index is 0.895. The number of benzene rings is 5. The molecule has 11 aromatic rings.